The van der Waals surface area contributed by atoms with Crippen LogP contribution >= 0.6 is 15.9 Å². The molecule has 1 atom stereocenters. The van der Waals surface area contributed by atoms with Gasteiger partial charge in [-0.3, -0.25) is 0 Å². The topological polar surface area (TPSA) is 12.0 Å². The third kappa shape index (κ3) is 5.49. The molecule has 18 heavy (non-hydrogen) atoms. The lowest BCUT2D eigenvalue weighted by Gasteiger charge is -2.17. The Balaban J connectivity index is 2.39. The Morgan fingerprint density at radius 2 is 2.06 bits per heavy atom. The molecule has 3 heteroatoms. The molecule has 0 fully saturated rings. The van der Waals surface area contributed by atoms with E-state index in [0.717, 1.165) is 23.9 Å². The first-order valence-corrected chi connectivity index (χ1v) is 7.64. The molecule has 0 saturated heterocycles. The quantitative estimate of drug-likeness (QED) is 0.734. The van der Waals surface area contributed by atoms with E-state index in [-0.39, 0.29) is 5.82 Å². The highest BCUT2D eigenvalue weighted by Gasteiger charge is 2.07. The van der Waals surface area contributed by atoms with Crippen LogP contribution < -0.4 is 5.32 Å². The second-order valence-corrected chi connectivity index (χ2v) is 5.53. The highest BCUT2D eigenvalue weighted by atomic mass is 79.9. The predicted octanol–water partition coefficient (Wildman–Crippen LogP) is 4.69. The fourth-order valence-corrected chi connectivity index (χ4v) is 2.80. The Hall–Kier alpha value is -0.410. The molecule has 1 nitrogen and oxygen atoms in total. The van der Waals surface area contributed by atoms with Gasteiger partial charge in [-0.25, -0.2) is 4.39 Å². The molecule has 102 valence electrons. The molecule has 0 spiro atoms. The SMILES string of the molecule is CCCC(CCCc1ccc(F)cc1Br)NCC. The Morgan fingerprint density at radius 3 is 2.67 bits per heavy atom. The Morgan fingerprint density at radius 1 is 1.28 bits per heavy atom. The monoisotopic (exact) mass is 315 g/mol. The van der Waals surface area contributed by atoms with Gasteiger partial charge in [-0.2, -0.15) is 0 Å². The van der Waals surface area contributed by atoms with Crippen LogP contribution in [0.25, 0.3) is 0 Å². The van der Waals surface area contributed by atoms with Gasteiger partial charge in [-0.1, -0.05) is 42.3 Å². The molecule has 0 heterocycles. The van der Waals surface area contributed by atoms with Crippen LogP contribution in [-0.2, 0) is 6.42 Å². The van der Waals surface area contributed by atoms with Gasteiger partial charge < -0.3 is 5.32 Å². The zero-order chi connectivity index (χ0) is 13.4. The van der Waals surface area contributed by atoms with Gasteiger partial charge in [0.05, 0.1) is 0 Å². The maximum atomic E-state index is 13.0. The van der Waals surface area contributed by atoms with Gasteiger partial charge in [-0.15, -0.1) is 0 Å². The Labute approximate surface area is 118 Å². The summed E-state index contributed by atoms with van der Waals surface area (Å²) in [6, 6.07) is 5.58. The molecule has 1 N–H and O–H groups in total. The molecule has 0 bridgehead atoms. The second-order valence-electron chi connectivity index (χ2n) is 4.67. The van der Waals surface area contributed by atoms with Crippen LogP contribution in [0.3, 0.4) is 0 Å². The van der Waals surface area contributed by atoms with Crippen LogP contribution in [0.1, 0.15) is 45.1 Å². The summed E-state index contributed by atoms with van der Waals surface area (Å²) in [6.45, 7) is 5.41. The van der Waals surface area contributed by atoms with Crippen molar-refractivity contribution in [1.29, 1.82) is 0 Å². The van der Waals surface area contributed by atoms with Gasteiger partial charge in [0.25, 0.3) is 0 Å². The Bertz CT molecular complexity index is 348. The fourth-order valence-electron chi connectivity index (χ4n) is 2.25. The molecule has 1 aromatic carbocycles. The standard InChI is InChI=1S/C15H23BrFN/c1-3-6-14(18-4-2)8-5-7-12-9-10-13(17)11-15(12)16/h9-11,14,18H,3-8H2,1-2H3. The molecule has 1 aromatic rings. The van der Waals surface area contributed by atoms with E-state index in [4.69, 9.17) is 0 Å². The third-order valence-electron chi connectivity index (χ3n) is 3.14. The number of rotatable bonds is 8. The summed E-state index contributed by atoms with van der Waals surface area (Å²) in [5, 5.41) is 3.52. The lowest BCUT2D eigenvalue weighted by molar-refractivity contribution is 0.447. The molecule has 0 amide bonds. The first-order chi connectivity index (χ1) is 8.67. The highest BCUT2D eigenvalue weighted by molar-refractivity contribution is 9.10. The minimum atomic E-state index is -0.179. The van der Waals surface area contributed by atoms with Gasteiger partial charge in [-0.05, 0) is 49.9 Å². The van der Waals surface area contributed by atoms with Crippen molar-refractivity contribution >= 4 is 15.9 Å². The normalized spacial score (nSPS) is 12.7. The van der Waals surface area contributed by atoms with Gasteiger partial charge in [0.1, 0.15) is 5.82 Å². The van der Waals surface area contributed by atoms with Gasteiger partial charge in [0.2, 0.25) is 0 Å². The zero-order valence-corrected chi connectivity index (χ0v) is 12.9. The van der Waals surface area contributed by atoms with Crippen LogP contribution in [0.4, 0.5) is 4.39 Å². The number of benzene rings is 1. The van der Waals surface area contributed by atoms with Crippen LogP contribution in [0.2, 0.25) is 0 Å². The van der Waals surface area contributed by atoms with Crippen molar-refractivity contribution in [2.75, 3.05) is 6.54 Å². The molecule has 0 saturated carbocycles. The molecule has 1 rings (SSSR count). The highest BCUT2D eigenvalue weighted by Crippen LogP contribution is 2.20. The summed E-state index contributed by atoms with van der Waals surface area (Å²) in [5.41, 5.74) is 1.20. The average Bonchev–Trinajstić information content (AvgIpc) is 2.32. The predicted molar refractivity (Wildman–Crippen MR) is 79.4 cm³/mol. The van der Waals surface area contributed by atoms with E-state index in [1.54, 1.807) is 6.07 Å². The third-order valence-corrected chi connectivity index (χ3v) is 3.88. The lowest BCUT2D eigenvalue weighted by atomic mass is 10.0. The first kappa shape index (κ1) is 15.6. The van der Waals surface area contributed by atoms with E-state index in [9.17, 15) is 4.39 Å². The first-order valence-electron chi connectivity index (χ1n) is 6.84. The Kier molecular flexibility index (Phi) is 7.52. The second kappa shape index (κ2) is 8.65. The van der Waals surface area contributed by atoms with E-state index in [0.29, 0.717) is 6.04 Å². The summed E-state index contributed by atoms with van der Waals surface area (Å²) >= 11 is 3.42. The van der Waals surface area contributed by atoms with Gasteiger partial charge in [0, 0.05) is 10.5 Å². The van der Waals surface area contributed by atoms with Crippen molar-refractivity contribution in [2.45, 2.75) is 52.0 Å². The van der Waals surface area contributed by atoms with Gasteiger partial charge >= 0.3 is 0 Å². The van der Waals surface area contributed by atoms with E-state index < -0.39 is 0 Å². The summed E-state index contributed by atoms with van der Waals surface area (Å²) in [7, 11) is 0. The van der Waals surface area contributed by atoms with E-state index in [2.05, 4.69) is 35.1 Å². The van der Waals surface area contributed by atoms with Crippen molar-refractivity contribution in [1.82, 2.24) is 5.32 Å². The number of nitrogens with one attached hydrogen (secondary N) is 1. The number of hydrogen-bond acceptors (Lipinski definition) is 1. The number of aryl methyl sites for hydroxylation is 1. The largest absolute Gasteiger partial charge is 0.314 e. The van der Waals surface area contributed by atoms with E-state index in [1.165, 1.54) is 30.9 Å². The summed E-state index contributed by atoms with van der Waals surface area (Å²) in [4.78, 5) is 0. The molecule has 0 aromatic heterocycles. The van der Waals surface area contributed by atoms with Crippen LogP contribution in [-0.4, -0.2) is 12.6 Å². The van der Waals surface area contributed by atoms with E-state index >= 15 is 0 Å². The summed E-state index contributed by atoms with van der Waals surface area (Å²) in [6.07, 6.45) is 5.79. The summed E-state index contributed by atoms with van der Waals surface area (Å²) in [5.74, 6) is -0.179. The molecular weight excluding hydrogens is 293 g/mol. The van der Waals surface area contributed by atoms with Crippen molar-refractivity contribution in [3.05, 3.63) is 34.1 Å². The molecule has 1 unspecified atom stereocenters. The van der Waals surface area contributed by atoms with Crippen LogP contribution in [0.5, 0.6) is 0 Å². The summed E-state index contributed by atoms with van der Waals surface area (Å²) < 4.78 is 13.8. The van der Waals surface area contributed by atoms with Crippen molar-refractivity contribution in [3.63, 3.8) is 0 Å². The zero-order valence-electron chi connectivity index (χ0n) is 11.3. The minimum absolute atomic E-state index is 0.179. The van der Waals surface area contributed by atoms with Crippen LogP contribution in [0, 0.1) is 5.82 Å². The smallest absolute Gasteiger partial charge is 0.124 e. The lowest BCUT2D eigenvalue weighted by Crippen LogP contribution is -2.28. The number of halogens is 2. The van der Waals surface area contributed by atoms with E-state index in [1.807, 2.05) is 6.07 Å². The molecular formula is C15H23BrFN. The maximum Gasteiger partial charge on any atom is 0.124 e. The maximum absolute atomic E-state index is 13.0. The molecule has 0 aliphatic rings. The number of hydrogen-bond donors (Lipinski definition) is 1. The average molecular weight is 316 g/mol. The van der Waals surface area contributed by atoms with Crippen LogP contribution in [0.15, 0.2) is 22.7 Å². The van der Waals surface area contributed by atoms with Gasteiger partial charge in [0.15, 0.2) is 0 Å². The molecule has 0 aliphatic carbocycles. The minimum Gasteiger partial charge on any atom is -0.314 e. The molecule has 0 radical (unpaired) electrons. The molecule has 0 aliphatic heterocycles. The van der Waals surface area contributed by atoms with Crippen molar-refractivity contribution in [3.8, 4) is 0 Å². The van der Waals surface area contributed by atoms with Crippen molar-refractivity contribution in [2.24, 2.45) is 0 Å². The fraction of sp³-hybridized carbons (Fsp3) is 0.600. The van der Waals surface area contributed by atoms with Crippen molar-refractivity contribution < 1.29 is 4.39 Å².